The van der Waals surface area contributed by atoms with Crippen molar-refractivity contribution in [1.29, 1.82) is 0 Å². The van der Waals surface area contributed by atoms with Crippen molar-refractivity contribution in [3.05, 3.63) is 70.3 Å². The van der Waals surface area contributed by atoms with Crippen LogP contribution in [0, 0.1) is 11.6 Å². The highest BCUT2D eigenvalue weighted by Crippen LogP contribution is 2.25. The van der Waals surface area contributed by atoms with E-state index in [9.17, 15) is 13.6 Å². The van der Waals surface area contributed by atoms with Crippen molar-refractivity contribution < 1.29 is 13.6 Å². The average molecular weight is 330 g/mol. The normalized spacial score (nSPS) is 14.0. The molecule has 2 aromatic carbocycles. The molecule has 1 heterocycles. The van der Waals surface area contributed by atoms with Crippen molar-refractivity contribution in [3.8, 4) is 0 Å². The summed E-state index contributed by atoms with van der Waals surface area (Å²) < 4.78 is 27.5. The first-order valence-corrected chi connectivity index (χ1v) is 7.95. The van der Waals surface area contributed by atoms with Gasteiger partial charge in [0.1, 0.15) is 0 Å². The molecule has 0 saturated heterocycles. The second-order valence-electron chi connectivity index (χ2n) is 6.37. The maximum Gasteiger partial charge on any atom is 0.254 e. The Bertz CT molecular complexity index is 774. The number of halogens is 2. The van der Waals surface area contributed by atoms with Gasteiger partial charge in [-0.15, -0.1) is 0 Å². The number of amides is 1. The van der Waals surface area contributed by atoms with Gasteiger partial charge in [-0.3, -0.25) is 4.79 Å². The topological polar surface area (TPSA) is 23.6 Å². The standard InChI is InChI=1S/C19H20F2N2O/c1-22(2)11-14-5-3-4-6-15(14)19(24)23-10-9-13-7-8-17(20)18(21)16(13)12-23/h3-8H,9-12H2,1-2H3. The monoisotopic (exact) mass is 330 g/mol. The highest BCUT2D eigenvalue weighted by atomic mass is 19.2. The predicted octanol–water partition coefficient (Wildman–Crippen LogP) is 3.22. The molecule has 2 aromatic rings. The van der Waals surface area contributed by atoms with E-state index in [0.29, 0.717) is 30.6 Å². The third-order valence-corrected chi connectivity index (χ3v) is 4.31. The molecular weight excluding hydrogens is 310 g/mol. The molecule has 1 amide bonds. The number of carbonyl (C=O) groups excluding carboxylic acids is 1. The fourth-order valence-corrected chi connectivity index (χ4v) is 3.11. The van der Waals surface area contributed by atoms with Gasteiger partial charge >= 0.3 is 0 Å². The number of nitrogens with zero attached hydrogens (tertiary/aromatic N) is 2. The molecule has 1 aliphatic heterocycles. The molecule has 0 fully saturated rings. The molecule has 0 aromatic heterocycles. The summed E-state index contributed by atoms with van der Waals surface area (Å²) >= 11 is 0. The maximum absolute atomic E-state index is 14.1. The Hall–Kier alpha value is -2.27. The summed E-state index contributed by atoms with van der Waals surface area (Å²) in [5, 5.41) is 0. The predicted molar refractivity (Wildman–Crippen MR) is 88.6 cm³/mol. The average Bonchev–Trinajstić information content (AvgIpc) is 2.57. The molecular formula is C19H20F2N2O. The molecule has 24 heavy (non-hydrogen) atoms. The smallest absolute Gasteiger partial charge is 0.254 e. The summed E-state index contributed by atoms with van der Waals surface area (Å²) in [5.74, 6) is -1.84. The van der Waals surface area contributed by atoms with Gasteiger partial charge in [-0.25, -0.2) is 8.78 Å². The van der Waals surface area contributed by atoms with Crippen molar-refractivity contribution in [2.24, 2.45) is 0 Å². The first-order valence-electron chi connectivity index (χ1n) is 7.95. The molecule has 0 spiro atoms. The summed E-state index contributed by atoms with van der Waals surface area (Å²) in [5.41, 5.74) is 2.61. The SMILES string of the molecule is CN(C)Cc1ccccc1C(=O)N1CCc2ccc(F)c(F)c2C1. The Kier molecular flexibility index (Phi) is 4.62. The van der Waals surface area contributed by atoms with Crippen LogP contribution in [0.25, 0.3) is 0 Å². The number of rotatable bonds is 3. The molecule has 0 radical (unpaired) electrons. The number of hydrogen-bond acceptors (Lipinski definition) is 2. The lowest BCUT2D eigenvalue weighted by Gasteiger charge is -2.30. The summed E-state index contributed by atoms with van der Waals surface area (Å²) in [6, 6.07) is 10.2. The van der Waals surface area contributed by atoms with Crippen molar-refractivity contribution in [3.63, 3.8) is 0 Å². The molecule has 0 saturated carbocycles. The lowest BCUT2D eigenvalue weighted by Crippen LogP contribution is -2.37. The number of hydrogen-bond donors (Lipinski definition) is 0. The lowest BCUT2D eigenvalue weighted by atomic mass is 9.97. The largest absolute Gasteiger partial charge is 0.334 e. The third kappa shape index (κ3) is 3.17. The number of carbonyl (C=O) groups is 1. The summed E-state index contributed by atoms with van der Waals surface area (Å²) in [6.07, 6.45) is 0.536. The third-order valence-electron chi connectivity index (χ3n) is 4.31. The Labute approximate surface area is 140 Å². The molecule has 0 N–H and O–H groups in total. The minimum atomic E-state index is -0.865. The van der Waals surface area contributed by atoms with Gasteiger partial charge in [0.05, 0.1) is 0 Å². The van der Waals surface area contributed by atoms with E-state index in [1.807, 2.05) is 37.2 Å². The van der Waals surface area contributed by atoms with Crippen LogP contribution >= 0.6 is 0 Å². The van der Waals surface area contributed by atoms with Crippen LogP contribution in [-0.2, 0) is 19.5 Å². The molecule has 1 aliphatic rings. The first kappa shape index (κ1) is 16.6. The molecule has 0 aliphatic carbocycles. The highest BCUT2D eigenvalue weighted by molar-refractivity contribution is 5.95. The van der Waals surface area contributed by atoms with Crippen molar-refractivity contribution in [2.75, 3.05) is 20.6 Å². The van der Waals surface area contributed by atoms with Crippen LogP contribution in [0.5, 0.6) is 0 Å². The molecule has 3 rings (SSSR count). The van der Waals surface area contributed by atoms with Gasteiger partial charge in [0.2, 0.25) is 0 Å². The van der Waals surface area contributed by atoms with E-state index in [2.05, 4.69) is 0 Å². The van der Waals surface area contributed by atoms with Crippen LogP contribution in [0.3, 0.4) is 0 Å². The zero-order valence-electron chi connectivity index (χ0n) is 13.9. The number of fused-ring (bicyclic) bond motifs is 1. The van der Waals surface area contributed by atoms with Crippen LogP contribution < -0.4 is 0 Å². The highest BCUT2D eigenvalue weighted by Gasteiger charge is 2.26. The van der Waals surface area contributed by atoms with Crippen LogP contribution in [-0.4, -0.2) is 36.3 Å². The van der Waals surface area contributed by atoms with E-state index in [4.69, 9.17) is 0 Å². The summed E-state index contributed by atoms with van der Waals surface area (Å²) in [4.78, 5) is 16.5. The molecule has 0 atom stereocenters. The number of benzene rings is 2. The van der Waals surface area contributed by atoms with Crippen molar-refractivity contribution in [2.45, 2.75) is 19.5 Å². The molecule has 0 unspecified atom stereocenters. The Morgan fingerprint density at radius 3 is 2.67 bits per heavy atom. The molecule has 0 bridgehead atoms. The molecule has 126 valence electrons. The maximum atomic E-state index is 14.1. The van der Waals surface area contributed by atoms with E-state index in [-0.39, 0.29) is 12.5 Å². The van der Waals surface area contributed by atoms with Gasteiger partial charge in [0.25, 0.3) is 5.91 Å². The summed E-state index contributed by atoms with van der Waals surface area (Å²) in [7, 11) is 3.88. The fraction of sp³-hybridized carbons (Fsp3) is 0.316. The van der Waals surface area contributed by atoms with Gasteiger partial charge in [-0.2, -0.15) is 0 Å². The van der Waals surface area contributed by atoms with E-state index < -0.39 is 11.6 Å². The second kappa shape index (κ2) is 6.69. The van der Waals surface area contributed by atoms with Crippen LogP contribution in [0.15, 0.2) is 36.4 Å². The van der Waals surface area contributed by atoms with Crippen LogP contribution in [0.2, 0.25) is 0 Å². The van der Waals surface area contributed by atoms with Gasteiger partial charge < -0.3 is 9.80 Å². The minimum absolute atomic E-state index is 0.105. The Balaban J connectivity index is 1.88. The van der Waals surface area contributed by atoms with Crippen LogP contribution in [0.4, 0.5) is 8.78 Å². The van der Waals surface area contributed by atoms with Gasteiger partial charge in [0.15, 0.2) is 11.6 Å². The Morgan fingerprint density at radius 1 is 1.17 bits per heavy atom. The van der Waals surface area contributed by atoms with Gasteiger partial charge in [-0.05, 0) is 43.8 Å². The fourth-order valence-electron chi connectivity index (χ4n) is 3.11. The van der Waals surface area contributed by atoms with E-state index in [0.717, 1.165) is 17.2 Å². The zero-order chi connectivity index (χ0) is 17.3. The lowest BCUT2D eigenvalue weighted by molar-refractivity contribution is 0.0730. The Morgan fingerprint density at radius 2 is 1.92 bits per heavy atom. The zero-order valence-corrected chi connectivity index (χ0v) is 13.9. The van der Waals surface area contributed by atoms with Crippen molar-refractivity contribution >= 4 is 5.91 Å². The summed E-state index contributed by atoms with van der Waals surface area (Å²) in [6.45, 7) is 1.26. The molecule has 5 heteroatoms. The second-order valence-corrected chi connectivity index (χ2v) is 6.37. The van der Waals surface area contributed by atoms with Crippen LogP contribution in [0.1, 0.15) is 27.0 Å². The van der Waals surface area contributed by atoms with Gasteiger partial charge in [-0.1, -0.05) is 24.3 Å². The van der Waals surface area contributed by atoms with Gasteiger partial charge in [0, 0.05) is 30.8 Å². The molecule has 3 nitrogen and oxygen atoms in total. The van der Waals surface area contributed by atoms with E-state index >= 15 is 0 Å². The van der Waals surface area contributed by atoms with E-state index in [1.54, 1.807) is 17.0 Å². The van der Waals surface area contributed by atoms with E-state index in [1.165, 1.54) is 0 Å². The van der Waals surface area contributed by atoms with Crippen molar-refractivity contribution in [1.82, 2.24) is 9.80 Å². The minimum Gasteiger partial charge on any atom is -0.334 e. The quantitative estimate of drug-likeness (QED) is 0.863. The first-order chi connectivity index (χ1) is 11.5.